The van der Waals surface area contributed by atoms with E-state index >= 15 is 0 Å². The molecule has 0 atom stereocenters. The molecule has 0 aliphatic rings. The van der Waals surface area contributed by atoms with E-state index in [0.29, 0.717) is 52.5 Å². The molecule has 0 amide bonds. The Bertz CT molecular complexity index is 3440. The van der Waals surface area contributed by atoms with Gasteiger partial charge in [-0.3, -0.25) is 4.18 Å². The minimum absolute atomic E-state index is 0.0887. The molecule has 0 saturated heterocycles. The second kappa shape index (κ2) is 30.9. The SMILES string of the molecule is CC(CCCOc1ccc(C(C)(CCCOS(C)(=O)=O)c2ccc(OCCCC(C)(c3ccc(OCc4ccccc4)cc3)c3ccc(OCc4ccccc4)cc3)cc2)cc1)(c1ccc(OCc2ccccc2)cc1)c1ccc(OCc2ccccc2)cc1. The number of hydrogen-bond donors (Lipinski definition) is 0. The summed E-state index contributed by atoms with van der Waals surface area (Å²) in [5, 5.41) is 0. The smallest absolute Gasteiger partial charge is 0.264 e. The van der Waals surface area contributed by atoms with Gasteiger partial charge in [-0.25, -0.2) is 0 Å². The van der Waals surface area contributed by atoms with Gasteiger partial charge in [0.25, 0.3) is 10.1 Å². The van der Waals surface area contributed by atoms with E-state index in [0.717, 1.165) is 99.8 Å². The highest BCUT2D eigenvalue weighted by Crippen LogP contribution is 2.42. The largest absolute Gasteiger partial charge is 0.494 e. The lowest BCUT2D eigenvalue weighted by Crippen LogP contribution is -2.25. The van der Waals surface area contributed by atoms with Gasteiger partial charge in [-0.05, 0) is 167 Å². The molecular formula is C80H82O9S. The van der Waals surface area contributed by atoms with Crippen molar-refractivity contribution in [2.24, 2.45) is 0 Å². The fourth-order valence-electron chi connectivity index (χ4n) is 11.7. The maximum absolute atomic E-state index is 12.0. The Labute approximate surface area is 533 Å². The first kappa shape index (κ1) is 63.9. The van der Waals surface area contributed by atoms with Gasteiger partial charge >= 0.3 is 0 Å². The summed E-state index contributed by atoms with van der Waals surface area (Å²) in [5.41, 5.74) is 10.2. The molecule has 10 rings (SSSR count). The predicted molar refractivity (Wildman–Crippen MR) is 361 cm³/mol. The van der Waals surface area contributed by atoms with Crippen LogP contribution in [0.2, 0.25) is 0 Å². The van der Waals surface area contributed by atoms with Crippen molar-refractivity contribution in [3.8, 4) is 34.5 Å². The second-order valence-corrected chi connectivity index (χ2v) is 25.4. The van der Waals surface area contributed by atoms with Crippen molar-refractivity contribution in [1.82, 2.24) is 0 Å². The van der Waals surface area contributed by atoms with Crippen LogP contribution >= 0.6 is 0 Å². The van der Waals surface area contributed by atoms with E-state index in [9.17, 15) is 8.42 Å². The Balaban J connectivity index is 0.786. The molecule has 10 heteroatoms. The third-order valence-electron chi connectivity index (χ3n) is 17.2. The lowest BCUT2D eigenvalue weighted by molar-refractivity contribution is 0.290. The molecule has 0 unspecified atom stereocenters. The van der Waals surface area contributed by atoms with Crippen molar-refractivity contribution < 1.29 is 41.0 Å². The molecule has 0 bridgehead atoms. The Morgan fingerprint density at radius 1 is 0.267 bits per heavy atom. The van der Waals surface area contributed by atoms with Gasteiger partial charge in [-0.2, -0.15) is 8.42 Å². The minimum atomic E-state index is -3.59. The number of rotatable bonds is 33. The molecule has 0 N–H and O–H groups in total. The van der Waals surface area contributed by atoms with Gasteiger partial charge < -0.3 is 28.4 Å². The topological polar surface area (TPSA) is 98.8 Å². The lowest BCUT2D eigenvalue weighted by atomic mass is 9.73. The molecule has 0 aromatic heterocycles. The van der Waals surface area contributed by atoms with Crippen LogP contribution in [0.1, 0.15) is 115 Å². The van der Waals surface area contributed by atoms with E-state index in [1.807, 2.05) is 97.1 Å². The molecule has 0 heterocycles. The summed E-state index contributed by atoms with van der Waals surface area (Å²) in [6.07, 6.45) is 5.50. The number of hydrogen-bond acceptors (Lipinski definition) is 9. The Morgan fingerprint density at radius 2 is 0.467 bits per heavy atom. The molecular weight excluding hydrogens is 1140 g/mol. The van der Waals surface area contributed by atoms with Crippen LogP contribution < -0.4 is 28.4 Å². The van der Waals surface area contributed by atoms with Crippen molar-refractivity contribution in [3.63, 3.8) is 0 Å². The van der Waals surface area contributed by atoms with Crippen molar-refractivity contribution >= 4 is 10.1 Å². The first-order valence-corrected chi connectivity index (χ1v) is 33.0. The van der Waals surface area contributed by atoms with Gasteiger partial charge in [0.15, 0.2) is 0 Å². The van der Waals surface area contributed by atoms with Crippen molar-refractivity contribution in [2.75, 3.05) is 26.1 Å². The summed E-state index contributed by atoms with van der Waals surface area (Å²) in [4.78, 5) is 0. The first-order valence-electron chi connectivity index (χ1n) is 31.2. The fraction of sp³-hybridized carbons (Fsp3) is 0.250. The van der Waals surface area contributed by atoms with Crippen LogP contribution in [0.5, 0.6) is 34.5 Å². The zero-order valence-corrected chi connectivity index (χ0v) is 53.0. The van der Waals surface area contributed by atoms with Crippen LogP contribution in [0.25, 0.3) is 0 Å². The maximum Gasteiger partial charge on any atom is 0.264 e. The second-order valence-electron chi connectivity index (χ2n) is 23.8. The summed E-state index contributed by atoms with van der Waals surface area (Å²) in [7, 11) is -3.59. The fourth-order valence-corrected chi connectivity index (χ4v) is 12.1. The van der Waals surface area contributed by atoms with Crippen molar-refractivity contribution in [3.05, 3.63) is 323 Å². The van der Waals surface area contributed by atoms with E-state index in [2.05, 4.69) is 191 Å². The summed E-state index contributed by atoms with van der Waals surface area (Å²) in [5.74, 6) is 4.83. The third-order valence-corrected chi connectivity index (χ3v) is 17.8. The van der Waals surface area contributed by atoms with Crippen molar-refractivity contribution in [2.45, 2.75) is 102 Å². The zero-order chi connectivity index (χ0) is 62.5. The van der Waals surface area contributed by atoms with E-state index in [-0.39, 0.29) is 17.4 Å². The molecule has 462 valence electrons. The Morgan fingerprint density at radius 3 is 0.678 bits per heavy atom. The highest BCUT2D eigenvalue weighted by molar-refractivity contribution is 7.85. The highest BCUT2D eigenvalue weighted by Gasteiger charge is 2.32. The summed E-state index contributed by atoms with van der Waals surface area (Å²) < 4.78 is 67.0. The highest BCUT2D eigenvalue weighted by atomic mass is 32.2. The molecule has 0 radical (unpaired) electrons. The van der Waals surface area contributed by atoms with Gasteiger partial charge in [0, 0.05) is 16.2 Å². The van der Waals surface area contributed by atoms with Crippen LogP contribution in [-0.4, -0.2) is 34.5 Å². The lowest BCUT2D eigenvalue weighted by Gasteiger charge is -2.32. The third kappa shape index (κ3) is 17.8. The van der Waals surface area contributed by atoms with E-state index in [4.69, 9.17) is 32.6 Å². The molecule has 0 aliphatic carbocycles. The van der Waals surface area contributed by atoms with Gasteiger partial charge in [0.05, 0.1) is 26.1 Å². The quantitative estimate of drug-likeness (QED) is 0.0294. The molecule has 10 aromatic rings. The summed E-state index contributed by atoms with van der Waals surface area (Å²) >= 11 is 0. The van der Waals surface area contributed by atoms with Crippen LogP contribution in [0.15, 0.2) is 267 Å². The number of ether oxygens (including phenoxy) is 6. The van der Waals surface area contributed by atoms with Gasteiger partial charge in [0.1, 0.15) is 60.9 Å². The summed E-state index contributed by atoms with van der Waals surface area (Å²) in [6.45, 7) is 9.93. The standard InChI is InChI=1S/C80H82O9S/c1-78(68-32-44-74(45-33-68)85-58-62-20-9-5-10-21-62,69-34-46-75(47-35-69)86-59-63-22-11-6-12-23-63)52-17-55-83-72-40-28-66(29-41-72)80(3,54-19-57-89-90(4,81)82)67-30-42-73(43-31-67)84-56-18-53-79(2,70-36-48-76(49-37-70)87-60-64-24-13-7-14-25-64)71-38-50-77(51-39-71)88-61-65-26-15-8-16-27-65/h5-16,20-51H,17-19,52-61H2,1-4H3. The summed E-state index contributed by atoms with van der Waals surface area (Å²) in [6, 6.07) is 91.4. The van der Waals surface area contributed by atoms with Crippen LogP contribution in [0, 0.1) is 0 Å². The number of benzene rings is 10. The van der Waals surface area contributed by atoms with Crippen LogP contribution in [0.4, 0.5) is 0 Å². The molecule has 10 aromatic carbocycles. The molecule has 0 aliphatic heterocycles. The van der Waals surface area contributed by atoms with Crippen LogP contribution in [0.3, 0.4) is 0 Å². The average Bonchev–Trinajstić information content (AvgIpc) is 1.04. The first-order chi connectivity index (χ1) is 43.8. The van der Waals surface area contributed by atoms with Gasteiger partial charge in [-0.15, -0.1) is 0 Å². The maximum atomic E-state index is 12.0. The van der Waals surface area contributed by atoms with Gasteiger partial charge in [-0.1, -0.05) is 215 Å². The van der Waals surface area contributed by atoms with E-state index in [1.54, 1.807) is 0 Å². The Hall–Kier alpha value is -9.09. The molecule has 0 saturated carbocycles. The predicted octanol–water partition coefficient (Wildman–Crippen LogP) is 18.4. The molecule has 0 fully saturated rings. The average molecular weight is 1220 g/mol. The molecule has 9 nitrogen and oxygen atoms in total. The molecule has 0 spiro atoms. The molecule has 90 heavy (non-hydrogen) atoms. The van der Waals surface area contributed by atoms with Crippen molar-refractivity contribution in [1.29, 1.82) is 0 Å². The van der Waals surface area contributed by atoms with E-state index < -0.39 is 15.5 Å². The normalized spacial score (nSPS) is 11.8. The van der Waals surface area contributed by atoms with Gasteiger partial charge in [0.2, 0.25) is 0 Å². The van der Waals surface area contributed by atoms with E-state index in [1.165, 1.54) is 22.3 Å². The Kier molecular flexibility index (Phi) is 21.9. The minimum Gasteiger partial charge on any atom is -0.494 e. The zero-order valence-electron chi connectivity index (χ0n) is 52.2. The van der Waals surface area contributed by atoms with Crippen LogP contribution in [-0.2, 0) is 57.0 Å². The monoisotopic (exact) mass is 1220 g/mol.